The van der Waals surface area contributed by atoms with E-state index in [4.69, 9.17) is 0 Å². The number of carbonyl (C=O) groups excluding carboxylic acids is 1. The third-order valence-electron chi connectivity index (χ3n) is 2.30. The molecule has 0 spiro atoms. The van der Waals surface area contributed by atoms with Crippen molar-refractivity contribution in [3.8, 4) is 0 Å². The topological polar surface area (TPSA) is 17.1 Å². The molecule has 0 aromatic carbocycles. The molecule has 0 aliphatic heterocycles. The molecule has 56 valence electrons. The Hall–Kier alpha value is -0.590. The highest BCUT2D eigenvalue weighted by atomic mass is 16.1. The summed E-state index contributed by atoms with van der Waals surface area (Å²) >= 11 is 0. The van der Waals surface area contributed by atoms with Crippen LogP contribution in [0.5, 0.6) is 0 Å². The fraction of sp³-hybridized carbons (Fsp3) is 0.667. The van der Waals surface area contributed by atoms with Crippen molar-refractivity contribution in [2.75, 3.05) is 0 Å². The van der Waals surface area contributed by atoms with E-state index in [1.807, 2.05) is 27.7 Å². The van der Waals surface area contributed by atoms with Crippen LogP contribution >= 0.6 is 0 Å². The summed E-state index contributed by atoms with van der Waals surface area (Å²) in [6, 6.07) is 0. The molecule has 0 bridgehead atoms. The summed E-state index contributed by atoms with van der Waals surface area (Å²) in [6.07, 6.45) is 0.942. The van der Waals surface area contributed by atoms with E-state index in [0.29, 0.717) is 5.78 Å². The van der Waals surface area contributed by atoms with Gasteiger partial charge in [0, 0.05) is 5.41 Å². The highest BCUT2D eigenvalue weighted by Gasteiger charge is 2.35. The molecule has 1 aliphatic rings. The van der Waals surface area contributed by atoms with Crippen molar-refractivity contribution < 1.29 is 4.79 Å². The molecule has 0 saturated heterocycles. The van der Waals surface area contributed by atoms with Gasteiger partial charge in [0.1, 0.15) is 0 Å². The van der Waals surface area contributed by atoms with Crippen LogP contribution in [0.25, 0.3) is 0 Å². The molecule has 0 aromatic heterocycles. The molecule has 0 unspecified atom stereocenters. The summed E-state index contributed by atoms with van der Waals surface area (Å²) in [6.45, 7) is 7.99. The summed E-state index contributed by atoms with van der Waals surface area (Å²) in [5.74, 6) is 0.324. The van der Waals surface area contributed by atoms with Crippen molar-refractivity contribution in [3.05, 3.63) is 11.1 Å². The second-order valence-corrected chi connectivity index (χ2v) is 3.80. The second kappa shape index (κ2) is 1.94. The monoisotopic (exact) mass is 138 g/mol. The summed E-state index contributed by atoms with van der Waals surface area (Å²) < 4.78 is 0. The average molecular weight is 138 g/mol. The molecule has 1 aliphatic carbocycles. The normalized spacial score (nSPS) is 24.2. The molecule has 0 saturated carbocycles. The maximum Gasteiger partial charge on any atom is 0.164 e. The van der Waals surface area contributed by atoms with Crippen LogP contribution in [-0.2, 0) is 4.79 Å². The van der Waals surface area contributed by atoms with Gasteiger partial charge < -0.3 is 0 Å². The van der Waals surface area contributed by atoms with E-state index < -0.39 is 0 Å². The number of rotatable bonds is 0. The van der Waals surface area contributed by atoms with Gasteiger partial charge in [-0.1, -0.05) is 19.4 Å². The van der Waals surface area contributed by atoms with Crippen LogP contribution in [0.15, 0.2) is 11.1 Å². The first-order chi connectivity index (χ1) is 4.45. The fourth-order valence-electron chi connectivity index (χ4n) is 1.58. The molecule has 0 fully saturated rings. The molecule has 1 heteroatoms. The Labute approximate surface area is 62.1 Å². The standard InChI is InChI=1S/C9H14O/c1-6-5-9(3,4)8(10)7(6)2/h5H2,1-4H3. The Morgan fingerprint density at radius 3 is 1.90 bits per heavy atom. The van der Waals surface area contributed by atoms with Crippen molar-refractivity contribution in [2.45, 2.75) is 34.1 Å². The van der Waals surface area contributed by atoms with Gasteiger partial charge >= 0.3 is 0 Å². The van der Waals surface area contributed by atoms with Crippen LogP contribution in [0.3, 0.4) is 0 Å². The minimum Gasteiger partial charge on any atom is -0.294 e. The third-order valence-corrected chi connectivity index (χ3v) is 2.30. The molecule has 0 aromatic rings. The Morgan fingerprint density at radius 2 is 1.80 bits per heavy atom. The lowest BCUT2D eigenvalue weighted by molar-refractivity contribution is -0.122. The zero-order chi connectivity index (χ0) is 7.94. The van der Waals surface area contributed by atoms with Gasteiger partial charge in [-0.3, -0.25) is 4.79 Å². The minimum atomic E-state index is -0.117. The van der Waals surface area contributed by atoms with Crippen molar-refractivity contribution >= 4 is 5.78 Å². The van der Waals surface area contributed by atoms with Gasteiger partial charge in [-0.25, -0.2) is 0 Å². The van der Waals surface area contributed by atoms with Crippen molar-refractivity contribution in [2.24, 2.45) is 5.41 Å². The highest BCUT2D eigenvalue weighted by Crippen LogP contribution is 2.37. The lowest BCUT2D eigenvalue weighted by Crippen LogP contribution is -2.18. The minimum absolute atomic E-state index is 0.117. The summed E-state index contributed by atoms with van der Waals surface area (Å²) in [5, 5.41) is 0. The Balaban J connectivity index is 2.99. The summed E-state index contributed by atoms with van der Waals surface area (Å²) in [5.41, 5.74) is 2.12. The SMILES string of the molecule is CC1=C(C)C(=O)C(C)(C)C1. The fourth-order valence-corrected chi connectivity index (χ4v) is 1.58. The van der Waals surface area contributed by atoms with Gasteiger partial charge in [0.25, 0.3) is 0 Å². The molecule has 0 N–H and O–H groups in total. The number of Topliss-reactive ketones (excluding diaryl/α,β-unsaturated/α-hetero) is 1. The predicted molar refractivity (Wildman–Crippen MR) is 41.8 cm³/mol. The molecular weight excluding hydrogens is 124 g/mol. The van der Waals surface area contributed by atoms with Gasteiger partial charge in [0.15, 0.2) is 5.78 Å². The molecule has 0 atom stereocenters. The van der Waals surface area contributed by atoms with Crippen LogP contribution in [0.2, 0.25) is 0 Å². The first-order valence-corrected chi connectivity index (χ1v) is 3.66. The number of ketones is 1. The molecular formula is C9H14O. The van der Waals surface area contributed by atoms with E-state index in [-0.39, 0.29) is 5.41 Å². The maximum absolute atomic E-state index is 11.4. The van der Waals surface area contributed by atoms with Crippen LogP contribution in [-0.4, -0.2) is 5.78 Å². The van der Waals surface area contributed by atoms with Crippen LogP contribution < -0.4 is 0 Å². The van der Waals surface area contributed by atoms with E-state index in [9.17, 15) is 4.79 Å². The number of allylic oxidation sites excluding steroid dienone is 2. The Kier molecular flexibility index (Phi) is 1.46. The van der Waals surface area contributed by atoms with Crippen LogP contribution in [0, 0.1) is 5.41 Å². The van der Waals surface area contributed by atoms with Crippen LogP contribution in [0.4, 0.5) is 0 Å². The largest absolute Gasteiger partial charge is 0.294 e. The van der Waals surface area contributed by atoms with Gasteiger partial charge in [-0.05, 0) is 25.8 Å². The Morgan fingerprint density at radius 1 is 1.30 bits per heavy atom. The molecule has 0 heterocycles. The average Bonchev–Trinajstić information content (AvgIpc) is 1.95. The van der Waals surface area contributed by atoms with E-state index >= 15 is 0 Å². The van der Waals surface area contributed by atoms with Crippen molar-refractivity contribution in [3.63, 3.8) is 0 Å². The highest BCUT2D eigenvalue weighted by molar-refractivity contribution is 6.02. The van der Waals surface area contributed by atoms with E-state index in [1.165, 1.54) is 5.57 Å². The lowest BCUT2D eigenvalue weighted by Gasteiger charge is -2.14. The van der Waals surface area contributed by atoms with E-state index in [0.717, 1.165) is 12.0 Å². The molecule has 10 heavy (non-hydrogen) atoms. The molecule has 1 nitrogen and oxygen atoms in total. The first-order valence-electron chi connectivity index (χ1n) is 3.66. The number of carbonyl (C=O) groups is 1. The van der Waals surface area contributed by atoms with Crippen molar-refractivity contribution in [1.29, 1.82) is 0 Å². The summed E-state index contributed by atoms with van der Waals surface area (Å²) in [4.78, 5) is 11.4. The van der Waals surface area contributed by atoms with E-state index in [2.05, 4.69) is 0 Å². The zero-order valence-electron chi connectivity index (χ0n) is 7.12. The van der Waals surface area contributed by atoms with Gasteiger partial charge in [-0.15, -0.1) is 0 Å². The van der Waals surface area contributed by atoms with Gasteiger partial charge in [0.2, 0.25) is 0 Å². The van der Waals surface area contributed by atoms with E-state index in [1.54, 1.807) is 0 Å². The smallest absolute Gasteiger partial charge is 0.164 e. The van der Waals surface area contributed by atoms with Crippen LogP contribution in [0.1, 0.15) is 34.1 Å². The quantitative estimate of drug-likeness (QED) is 0.502. The predicted octanol–water partition coefficient (Wildman–Crippen LogP) is 2.32. The molecule has 1 rings (SSSR count). The summed E-state index contributed by atoms with van der Waals surface area (Å²) in [7, 11) is 0. The lowest BCUT2D eigenvalue weighted by atomic mass is 9.88. The molecule has 0 amide bonds. The van der Waals surface area contributed by atoms with Gasteiger partial charge in [-0.2, -0.15) is 0 Å². The second-order valence-electron chi connectivity index (χ2n) is 3.80. The number of hydrogen-bond donors (Lipinski definition) is 0. The first kappa shape index (κ1) is 7.52. The van der Waals surface area contributed by atoms with Gasteiger partial charge in [0.05, 0.1) is 0 Å². The van der Waals surface area contributed by atoms with Crippen molar-refractivity contribution in [1.82, 2.24) is 0 Å². The third kappa shape index (κ3) is 0.898. The Bertz CT molecular complexity index is 209. The number of hydrogen-bond acceptors (Lipinski definition) is 1. The molecule has 0 radical (unpaired) electrons. The zero-order valence-corrected chi connectivity index (χ0v) is 7.12. The maximum atomic E-state index is 11.4.